The lowest BCUT2D eigenvalue weighted by Gasteiger charge is -2.31. The number of benzene rings is 4. The number of fused-ring (bicyclic) bond motifs is 2. The Morgan fingerprint density at radius 2 is 1.57 bits per heavy atom. The molecule has 0 fully saturated rings. The van der Waals surface area contributed by atoms with Gasteiger partial charge in [-0.15, -0.1) is 0 Å². The molecule has 4 aromatic rings. The van der Waals surface area contributed by atoms with Crippen molar-refractivity contribution in [1.82, 2.24) is 4.90 Å². The van der Waals surface area contributed by atoms with E-state index in [1.807, 2.05) is 38.1 Å². The van der Waals surface area contributed by atoms with Crippen LogP contribution in [-0.4, -0.2) is 50.4 Å². The summed E-state index contributed by atoms with van der Waals surface area (Å²) in [6, 6.07) is 32.8. The van der Waals surface area contributed by atoms with Crippen LogP contribution in [0.5, 0.6) is 5.75 Å². The molecule has 230 valence electrons. The number of hydrogen-bond donors (Lipinski definition) is 0. The van der Waals surface area contributed by atoms with Crippen molar-refractivity contribution in [1.29, 1.82) is 0 Å². The van der Waals surface area contributed by atoms with E-state index >= 15 is 0 Å². The highest BCUT2D eigenvalue weighted by Gasteiger charge is 2.27. The van der Waals surface area contributed by atoms with Crippen molar-refractivity contribution in [2.75, 3.05) is 33.4 Å². The lowest BCUT2D eigenvalue weighted by molar-refractivity contribution is -0.156. The van der Waals surface area contributed by atoms with Gasteiger partial charge in [-0.3, -0.25) is 4.90 Å². The largest absolute Gasteiger partial charge is 0.492 e. The van der Waals surface area contributed by atoms with E-state index in [-0.39, 0.29) is 12.0 Å². The van der Waals surface area contributed by atoms with Crippen LogP contribution in [0.25, 0.3) is 0 Å². The second kappa shape index (κ2) is 15.2. The number of ether oxygens (including phenoxy) is 3. The predicted octanol–water partition coefficient (Wildman–Crippen LogP) is 7.30. The average Bonchev–Trinajstić information content (AvgIpc) is 3.18. The Morgan fingerprint density at radius 3 is 2.32 bits per heavy atom. The Balaban J connectivity index is 1.28. The third-order valence-electron chi connectivity index (χ3n) is 8.43. The molecule has 5 nitrogen and oxygen atoms in total. The summed E-state index contributed by atoms with van der Waals surface area (Å²) in [5.74, 6) is 0.497. The van der Waals surface area contributed by atoms with Gasteiger partial charge in [0.2, 0.25) is 0 Å². The monoisotopic (exact) mass is 591 g/mol. The standard InChI is InChI=1S/C39H45NO4/c1-5-42-37(39(41)43-6-2)27-30-13-19-34(20-14-30)44-23-22-40(4)38-35-21-15-31(25-29-10-8-7-9-11-29)26-33(35)18-17-32-16-12-28(3)24-36(32)38/h7-16,19-21,24,26,37-38H,5-6,17-18,22-23,25,27H2,1-4H3. The van der Waals surface area contributed by atoms with E-state index in [0.717, 1.165) is 37.1 Å². The molecule has 0 saturated carbocycles. The van der Waals surface area contributed by atoms with E-state index in [1.54, 1.807) is 0 Å². The minimum atomic E-state index is -0.594. The van der Waals surface area contributed by atoms with Gasteiger partial charge in [-0.05, 0) is 98.2 Å². The molecule has 0 amide bonds. The van der Waals surface area contributed by atoms with Gasteiger partial charge in [0.05, 0.1) is 12.6 Å². The van der Waals surface area contributed by atoms with Crippen molar-refractivity contribution >= 4 is 5.97 Å². The smallest absolute Gasteiger partial charge is 0.335 e. The first kappa shape index (κ1) is 31.5. The molecular weight excluding hydrogens is 546 g/mol. The number of carbonyl (C=O) groups excluding carboxylic acids is 1. The molecule has 0 N–H and O–H groups in total. The molecular formula is C39H45NO4. The van der Waals surface area contributed by atoms with Crippen LogP contribution < -0.4 is 4.74 Å². The second-order valence-corrected chi connectivity index (χ2v) is 11.7. The number of carbonyl (C=O) groups is 1. The Bertz CT molecular complexity index is 1520. The van der Waals surface area contributed by atoms with Crippen molar-refractivity contribution in [2.24, 2.45) is 0 Å². The van der Waals surface area contributed by atoms with Crippen molar-refractivity contribution < 1.29 is 19.0 Å². The van der Waals surface area contributed by atoms with Crippen molar-refractivity contribution in [2.45, 2.75) is 58.6 Å². The van der Waals surface area contributed by atoms with Crippen LogP contribution in [0, 0.1) is 6.92 Å². The topological polar surface area (TPSA) is 48.0 Å². The molecule has 1 aliphatic rings. The van der Waals surface area contributed by atoms with Crippen molar-refractivity contribution in [3.63, 3.8) is 0 Å². The van der Waals surface area contributed by atoms with E-state index in [1.165, 1.54) is 38.9 Å². The summed E-state index contributed by atoms with van der Waals surface area (Å²) < 4.78 is 17.0. The van der Waals surface area contributed by atoms with Gasteiger partial charge in [-0.1, -0.05) is 84.4 Å². The van der Waals surface area contributed by atoms with Gasteiger partial charge in [0, 0.05) is 19.6 Å². The summed E-state index contributed by atoms with van der Waals surface area (Å²) in [5, 5.41) is 0. The molecule has 0 aliphatic heterocycles. The number of aryl methyl sites for hydroxylation is 3. The van der Waals surface area contributed by atoms with E-state index in [4.69, 9.17) is 14.2 Å². The predicted molar refractivity (Wildman–Crippen MR) is 176 cm³/mol. The molecule has 2 unspecified atom stereocenters. The minimum absolute atomic E-state index is 0.164. The quantitative estimate of drug-likeness (QED) is 0.153. The molecule has 0 radical (unpaired) electrons. The summed E-state index contributed by atoms with van der Waals surface area (Å²) in [6.07, 6.45) is 2.92. The molecule has 2 atom stereocenters. The van der Waals surface area contributed by atoms with Crippen LogP contribution in [0.2, 0.25) is 0 Å². The van der Waals surface area contributed by atoms with E-state index < -0.39 is 6.10 Å². The lowest BCUT2D eigenvalue weighted by atomic mass is 9.91. The zero-order valence-electron chi connectivity index (χ0n) is 26.6. The van der Waals surface area contributed by atoms with Crippen molar-refractivity contribution in [3.05, 3.63) is 136 Å². The van der Waals surface area contributed by atoms with Crippen LogP contribution >= 0.6 is 0 Å². The Labute approximate surface area is 262 Å². The summed E-state index contributed by atoms with van der Waals surface area (Å²) in [6.45, 7) is 8.03. The zero-order chi connectivity index (χ0) is 30.9. The highest BCUT2D eigenvalue weighted by Crippen LogP contribution is 2.37. The highest BCUT2D eigenvalue weighted by molar-refractivity contribution is 5.75. The fraction of sp³-hybridized carbons (Fsp3) is 0.359. The third-order valence-corrected chi connectivity index (χ3v) is 8.43. The Hall–Kier alpha value is -3.93. The van der Waals surface area contributed by atoms with Gasteiger partial charge in [-0.25, -0.2) is 4.79 Å². The fourth-order valence-corrected chi connectivity index (χ4v) is 6.21. The first-order valence-electron chi connectivity index (χ1n) is 15.9. The number of esters is 1. The van der Waals surface area contributed by atoms with E-state index in [9.17, 15) is 4.79 Å². The average molecular weight is 592 g/mol. The molecule has 0 heterocycles. The van der Waals surface area contributed by atoms with Gasteiger partial charge < -0.3 is 14.2 Å². The third kappa shape index (κ3) is 7.96. The van der Waals surface area contributed by atoms with Crippen LogP contribution in [-0.2, 0) is 40.0 Å². The maximum atomic E-state index is 12.2. The molecule has 0 spiro atoms. The summed E-state index contributed by atoms with van der Waals surface area (Å²) in [4.78, 5) is 14.7. The molecule has 0 bridgehead atoms. The lowest BCUT2D eigenvalue weighted by Crippen LogP contribution is -2.30. The van der Waals surface area contributed by atoms with Crippen molar-refractivity contribution in [3.8, 4) is 5.75 Å². The van der Waals surface area contributed by atoms with Gasteiger partial charge in [0.15, 0.2) is 6.10 Å². The summed E-state index contributed by atoms with van der Waals surface area (Å²) >= 11 is 0. The molecule has 44 heavy (non-hydrogen) atoms. The fourth-order valence-electron chi connectivity index (χ4n) is 6.21. The minimum Gasteiger partial charge on any atom is -0.492 e. The normalized spacial score (nSPS) is 14.8. The number of nitrogens with zero attached hydrogens (tertiary/aromatic N) is 1. The van der Waals surface area contributed by atoms with Crippen LogP contribution in [0.4, 0.5) is 0 Å². The maximum absolute atomic E-state index is 12.2. The van der Waals surface area contributed by atoms with E-state index in [0.29, 0.717) is 26.2 Å². The zero-order valence-corrected chi connectivity index (χ0v) is 26.6. The van der Waals surface area contributed by atoms with Crippen LogP contribution in [0.15, 0.2) is 91.0 Å². The maximum Gasteiger partial charge on any atom is 0.335 e. The summed E-state index contributed by atoms with van der Waals surface area (Å²) in [5.41, 5.74) is 10.7. The van der Waals surface area contributed by atoms with Gasteiger partial charge in [0.1, 0.15) is 12.4 Å². The molecule has 0 saturated heterocycles. The number of rotatable bonds is 13. The number of likely N-dealkylation sites (N-methyl/N-ethyl adjacent to an activating group) is 1. The van der Waals surface area contributed by atoms with Crippen LogP contribution in [0.3, 0.4) is 0 Å². The van der Waals surface area contributed by atoms with Gasteiger partial charge in [0.25, 0.3) is 0 Å². The number of hydrogen-bond acceptors (Lipinski definition) is 5. The first-order chi connectivity index (χ1) is 21.4. The Morgan fingerprint density at radius 1 is 0.818 bits per heavy atom. The summed E-state index contributed by atoms with van der Waals surface area (Å²) in [7, 11) is 2.21. The SMILES string of the molecule is CCOC(=O)C(Cc1ccc(OCCN(C)C2c3ccc(Cc4ccccc4)cc3CCc3ccc(C)cc32)cc1)OCC. The molecule has 1 aliphatic carbocycles. The molecule has 5 rings (SSSR count). The van der Waals surface area contributed by atoms with Crippen LogP contribution in [0.1, 0.15) is 64.4 Å². The first-order valence-corrected chi connectivity index (χ1v) is 15.9. The molecule has 4 aromatic carbocycles. The van der Waals surface area contributed by atoms with E-state index in [2.05, 4.69) is 85.6 Å². The van der Waals surface area contributed by atoms with Gasteiger partial charge in [-0.2, -0.15) is 0 Å². The second-order valence-electron chi connectivity index (χ2n) is 11.7. The van der Waals surface area contributed by atoms with Gasteiger partial charge >= 0.3 is 5.97 Å². The molecule has 0 aromatic heterocycles. The highest BCUT2D eigenvalue weighted by atomic mass is 16.6. The Kier molecular flexibility index (Phi) is 10.9. The molecule has 5 heteroatoms.